The summed E-state index contributed by atoms with van der Waals surface area (Å²) >= 11 is 0. The van der Waals surface area contributed by atoms with Crippen LogP contribution >= 0.6 is 0 Å². The van der Waals surface area contributed by atoms with Crippen LogP contribution in [0.2, 0.25) is 0 Å². The van der Waals surface area contributed by atoms with Crippen molar-refractivity contribution in [1.29, 1.82) is 0 Å². The van der Waals surface area contributed by atoms with Gasteiger partial charge in [-0.15, -0.1) is 0 Å². The van der Waals surface area contributed by atoms with Gasteiger partial charge in [0.1, 0.15) is 12.6 Å². The van der Waals surface area contributed by atoms with Gasteiger partial charge in [0, 0.05) is 18.9 Å². The number of aliphatic carboxylic acids is 1. The first-order valence-electron chi connectivity index (χ1n) is 10.6. The number of nitrogens with one attached hydrogen (secondary N) is 1. The molecule has 0 radical (unpaired) electrons. The fourth-order valence-corrected chi connectivity index (χ4v) is 4.01. The van der Waals surface area contributed by atoms with Gasteiger partial charge in [-0.3, -0.25) is 0 Å². The molecule has 0 aliphatic heterocycles. The number of carbonyl (C=O) groups is 2. The third-order valence-electron chi connectivity index (χ3n) is 5.60. The lowest BCUT2D eigenvalue weighted by atomic mass is 9.98. The van der Waals surface area contributed by atoms with Gasteiger partial charge in [0.25, 0.3) is 0 Å². The third kappa shape index (κ3) is 4.98. The van der Waals surface area contributed by atoms with Crippen LogP contribution < -0.4 is 5.32 Å². The second kappa shape index (κ2) is 10.1. The summed E-state index contributed by atoms with van der Waals surface area (Å²) < 4.78 is 11.0. The molecule has 0 unspecified atom stereocenters. The molecule has 0 spiro atoms. The predicted molar refractivity (Wildman–Crippen MR) is 120 cm³/mol. The Labute approximate surface area is 186 Å². The van der Waals surface area contributed by atoms with E-state index in [4.69, 9.17) is 9.47 Å². The number of ether oxygens (including phenoxy) is 2. The Morgan fingerprint density at radius 3 is 2.09 bits per heavy atom. The number of benzene rings is 3. The van der Waals surface area contributed by atoms with Crippen LogP contribution in [-0.2, 0) is 20.9 Å². The number of carboxylic acid groups (broad SMARTS) is 1. The number of fused-ring (bicyclic) bond motifs is 3. The maximum atomic E-state index is 12.4. The van der Waals surface area contributed by atoms with Gasteiger partial charge in [-0.05, 0) is 27.8 Å². The summed E-state index contributed by atoms with van der Waals surface area (Å²) in [6.45, 7) is 0.727. The van der Waals surface area contributed by atoms with E-state index in [1.54, 1.807) is 0 Å². The van der Waals surface area contributed by atoms with Crippen LogP contribution in [0.4, 0.5) is 4.79 Å². The summed E-state index contributed by atoms with van der Waals surface area (Å²) in [5.41, 5.74) is 5.48. The van der Waals surface area contributed by atoms with Crippen molar-refractivity contribution in [3.63, 3.8) is 0 Å². The Hall–Kier alpha value is -3.64. The van der Waals surface area contributed by atoms with E-state index in [-0.39, 0.29) is 25.6 Å². The predicted octanol–water partition coefficient (Wildman–Crippen LogP) is 4.59. The lowest BCUT2D eigenvalue weighted by Gasteiger charge is -2.17. The minimum atomic E-state index is -1.12. The van der Waals surface area contributed by atoms with Crippen molar-refractivity contribution < 1.29 is 24.2 Å². The summed E-state index contributed by atoms with van der Waals surface area (Å²) in [4.78, 5) is 23.9. The normalized spacial score (nSPS) is 13.1. The molecule has 1 aliphatic carbocycles. The first-order valence-corrected chi connectivity index (χ1v) is 10.6. The maximum Gasteiger partial charge on any atom is 0.407 e. The fraction of sp³-hybridized carbons (Fsp3) is 0.231. The summed E-state index contributed by atoms with van der Waals surface area (Å²) in [6, 6.07) is 24.6. The van der Waals surface area contributed by atoms with E-state index in [9.17, 15) is 14.7 Å². The highest BCUT2D eigenvalue weighted by molar-refractivity contribution is 5.81. The smallest absolute Gasteiger partial charge is 0.407 e. The second-order valence-corrected chi connectivity index (χ2v) is 7.69. The van der Waals surface area contributed by atoms with Gasteiger partial charge < -0.3 is 19.9 Å². The van der Waals surface area contributed by atoms with E-state index >= 15 is 0 Å². The Morgan fingerprint density at radius 1 is 0.875 bits per heavy atom. The van der Waals surface area contributed by atoms with Crippen molar-refractivity contribution in [3.05, 3.63) is 95.6 Å². The molecule has 0 saturated carbocycles. The quantitative estimate of drug-likeness (QED) is 0.484. The third-order valence-corrected chi connectivity index (χ3v) is 5.60. The van der Waals surface area contributed by atoms with E-state index in [1.165, 1.54) is 0 Å². The molecular formula is C26H25NO5. The number of hydrogen-bond donors (Lipinski definition) is 2. The van der Waals surface area contributed by atoms with Gasteiger partial charge >= 0.3 is 12.1 Å². The molecule has 3 aromatic carbocycles. The first-order chi connectivity index (χ1) is 15.6. The number of carboxylic acids is 1. The summed E-state index contributed by atoms with van der Waals surface area (Å²) in [5, 5.41) is 11.9. The molecule has 6 heteroatoms. The minimum absolute atomic E-state index is 0.0781. The largest absolute Gasteiger partial charge is 0.480 e. The highest BCUT2D eigenvalue weighted by Gasteiger charge is 2.29. The van der Waals surface area contributed by atoms with Gasteiger partial charge in [-0.1, -0.05) is 78.9 Å². The Balaban J connectivity index is 1.30. The molecule has 6 nitrogen and oxygen atoms in total. The van der Waals surface area contributed by atoms with Crippen LogP contribution in [-0.4, -0.2) is 36.4 Å². The zero-order chi connectivity index (χ0) is 22.3. The topological polar surface area (TPSA) is 84.9 Å². The van der Waals surface area contributed by atoms with Gasteiger partial charge in [0.05, 0.1) is 6.61 Å². The molecule has 3 aromatic rings. The Morgan fingerprint density at radius 2 is 1.47 bits per heavy atom. The number of carbonyl (C=O) groups excluding carboxylic acids is 1. The standard InChI is InChI=1S/C26H25NO5/c28-25(29)24(14-15-31-16-18-8-2-1-3-9-18)27-26(30)32-17-23-21-12-6-4-10-19(21)20-11-5-7-13-22(20)23/h1-13,23-24H,14-17H2,(H,27,30)(H,28,29)/t24-/m1/s1. The van der Waals surface area contributed by atoms with Crippen molar-refractivity contribution in [2.24, 2.45) is 0 Å². The molecule has 1 atom stereocenters. The van der Waals surface area contributed by atoms with E-state index in [1.807, 2.05) is 66.7 Å². The lowest BCUT2D eigenvalue weighted by Crippen LogP contribution is -2.42. The van der Waals surface area contributed by atoms with E-state index in [0.717, 1.165) is 27.8 Å². The highest BCUT2D eigenvalue weighted by Crippen LogP contribution is 2.44. The maximum absolute atomic E-state index is 12.4. The van der Waals surface area contributed by atoms with E-state index in [2.05, 4.69) is 17.4 Å². The monoisotopic (exact) mass is 431 g/mol. The van der Waals surface area contributed by atoms with Crippen LogP contribution in [0.15, 0.2) is 78.9 Å². The highest BCUT2D eigenvalue weighted by atomic mass is 16.5. The van der Waals surface area contributed by atoms with E-state index in [0.29, 0.717) is 6.61 Å². The van der Waals surface area contributed by atoms with Crippen molar-refractivity contribution in [1.82, 2.24) is 5.32 Å². The number of hydrogen-bond acceptors (Lipinski definition) is 4. The van der Waals surface area contributed by atoms with Crippen LogP contribution in [0.25, 0.3) is 11.1 Å². The average Bonchev–Trinajstić information content (AvgIpc) is 3.14. The zero-order valence-electron chi connectivity index (χ0n) is 17.6. The number of alkyl carbamates (subject to hydrolysis) is 1. The molecular weight excluding hydrogens is 406 g/mol. The second-order valence-electron chi connectivity index (χ2n) is 7.69. The number of rotatable bonds is 9. The summed E-state index contributed by atoms with van der Waals surface area (Å²) in [7, 11) is 0. The minimum Gasteiger partial charge on any atom is -0.480 e. The van der Waals surface area contributed by atoms with Crippen LogP contribution in [0.5, 0.6) is 0 Å². The van der Waals surface area contributed by atoms with E-state index < -0.39 is 18.1 Å². The molecule has 1 amide bonds. The van der Waals surface area contributed by atoms with Crippen molar-refractivity contribution >= 4 is 12.1 Å². The molecule has 164 valence electrons. The van der Waals surface area contributed by atoms with Crippen LogP contribution in [0.3, 0.4) is 0 Å². The molecule has 0 saturated heterocycles. The van der Waals surface area contributed by atoms with Crippen molar-refractivity contribution in [2.45, 2.75) is 25.0 Å². The van der Waals surface area contributed by atoms with Crippen LogP contribution in [0, 0.1) is 0 Å². The van der Waals surface area contributed by atoms with Crippen LogP contribution in [0.1, 0.15) is 29.0 Å². The van der Waals surface area contributed by atoms with Gasteiger partial charge in [-0.2, -0.15) is 0 Å². The molecule has 0 fully saturated rings. The molecule has 32 heavy (non-hydrogen) atoms. The summed E-state index contributed by atoms with van der Waals surface area (Å²) in [6.07, 6.45) is -0.603. The fourth-order valence-electron chi connectivity index (χ4n) is 4.01. The molecule has 2 N–H and O–H groups in total. The van der Waals surface area contributed by atoms with Gasteiger partial charge in [-0.25, -0.2) is 9.59 Å². The van der Waals surface area contributed by atoms with Gasteiger partial charge in [0.2, 0.25) is 0 Å². The molecule has 0 heterocycles. The van der Waals surface area contributed by atoms with Crippen molar-refractivity contribution in [3.8, 4) is 11.1 Å². The molecule has 1 aliphatic rings. The SMILES string of the molecule is O=C(N[C@H](CCOCc1ccccc1)C(=O)O)OCC1c2ccccc2-c2ccccc21. The van der Waals surface area contributed by atoms with Crippen molar-refractivity contribution in [2.75, 3.05) is 13.2 Å². The summed E-state index contributed by atoms with van der Waals surface area (Å²) in [5.74, 6) is -1.20. The molecule has 0 aromatic heterocycles. The Bertz CT molecular complexity index is 1040. The average molecular weight is 431 g/mol. The number of amides is 1. The molecule has 4 rings (SSSR count). The first kappa shape index (κ1) is 21.6. The zero-order valence-corrected chi connectivity index (χ0v) is 17.6. The Kier molecular flexibility index (Phi) is 6.82. The molecule has 0 bridgehead atoms. The lowest BCUT2D eigenvalue weighted by molar-refractivity contribution is -0.139. The van der Waals surface area contributed by atoms with Gasteiger partial charge in [0.15, 0.2) is 0 Å².